The van der Waals surface area contributed by atoms with Crippen LogP contribution in [0.25, 0.3) is 0 Å². The van der Waals surface area contributed by atoms with Gasteiger partial charge in [0.2, 0.25) is 0 Å². The first kappa shape index (κ1) is 13.8. The normalized spacial score (nSPS) is 15.2. The number of thiophene rings is 1. The van der Waals surface area contributed by atoms with Gasteiger partial charge in [-0.05, 0) is 35.0 Å². The minimum absolute atomic E-state index is 1.03. The molecule has 1 aromatic carbocycles. The molecular weight excluding hydrogens is 264 g/mol. The quantitative estimate of drug-likeness (QED) is 0.906. The molecule has 0 spiro atoms. The number of hydrogen-bond donors (Lipinski definition) is 1. The number of rotatable bonds is 5. The van der Waals surface area contributed by atoms with Crippen LogP contribution in [0.1, 0.15) is 28.5 Å². The molecule has 0 saturated carbocycles. The Morgan fingerprint density at radius 1 is 1.25 bits per heavy atom. The van der Waals surface area contributed by atoms with Crippen molar-refractivity contribution in [3.63, 3.8) is 0 Å². The highest BCUT2D eigenvalue weighted by atomic mass is 32.1. The summed E-state index contributed by atoms with van der Waals surface area (Å²) in [6, 6.07) is 10.8. The lowest BCUT2D eigenvalue weighted by atomic mass is 10.0. The average molecular weight is 286 g/mol. The Bertz CT molecular complexity index is 547. The number of fused-ring (bicyclic) bond motifs is 1. The molecule has 2 aromatic rings. The number of benzene rings is 1. The second-order valence-electron chi connectivity index (χ2n) is 5.39. The van der Waals surface area contributed by atoms with Gasteiger partial charge in [0.1, 0.15) is 0 Å². The number of hydrogen-bond acceptors (Lipinski definition) is 3. The molecule has 106 valence electrons. The van der Waals surface area contributed by atoms with Crippen molar-refractivity contribution in [3.05, 3.63) is 57.3 Å². The van der Waals surface area contributed by atoms with Gasteiger partial charge in [-0.2, -0.15) is 0 Å². The standard InChI is InChI=1S/C17H22N2S/c1-2-18-10-15-13-20-17-12-19(9-8-16(15)17)11-14-6-4-3-5-7-14/h3-7,13,18H,2,8-12H2,1H3. The van der Waals surface area contributed by atoms with Gasteiger partial charge in [0.15, 0.2) is 0 Å². The number of nitrogens with zero attached hydrogens (tertiary/aromatic N) is 1. The molecule has 2 nitrogen and oxygen atoms in total. The molecule has 1 aromatic heterocycles. The monoisotopic (exact) mass is 286 g/mol. The zero-order chi connectivity index (χ0) is 13.8. The number of nitrogens with one attached hydrogen (secondary N) is 1. The van der Waals surface area contributed by atoms with Gasteiger partial charge in [0, 0.05) is 31.1 Å². The van der Waals surface area contributed by atoms with Gasteiger partial charge in [0.05, 0.1) is 0 Å². The minimum Gasteiger partial charge on any atom is -0.313 e. The van der Waals surface area contributed by atoms with Crippen molar-refractivity contribution in [2.24, 2.45) is 0 Å². The Kier molecular flexibility index (Phi) is 4.51. The van der Waals surface area contributed by atoms with Crippen LogP contribution in [0.2, 0.25) is 0 Å². The molecule has 1 aliphatic heterocycles. The van der Waals surface area contributed by atoms with Gasteiger partial charge in [-0.15, -0.1) is 11.3 Å². The Balaban J connectivity index is 1.65. The summed E-state index contributed by atoms with van der Waals surface area (Å²) in [6.07, 6.45) is 1.20. The molecule has 3 rings (SSSR count). The predicted molar refractivity (Wildman–Crippen MR) is 86.0 cm³/mol. The maximum Gasteiger partial charge on any atom is 0.0334 e. The highest BCUT2D eigenvalue weighted by Crippen LogP contribution is 2.29. The first-order chi connectivity index (χ1) is 9.86. The van der Waals surface area contributed by atoms with E-state index in [4.69, 9.17) is 0 Å². The van der Waals surface area contributed by atoms with Crippen LogP contribution in [0.3, 0.4) is 0 Å². The van der Waals surface area contributed by atoms with Gasteiger partial charge < -0.3 is 5.32 Å². The lowest BCUT2D eigenvalue weighted by Crippen LogP contribution is -2.29. The summed E-state index contributed by atoms with van der Waals surface area (Å²) < 4.78 is 0. The summed E-state index contributed by atoms with van der Waals surface area (Å²) in [5, 5.41) is 5.79. The highest BCUT2D eigenvalue weighted by Gasteiger charge is 2.20. The smallest absolute Gasteiger partial charge is 0.0334 e. The molecule has 0 atom stereocenters. The fourth-order valence-corrected chi connectivity index (χ4v) is 3.98. The molecule has 1 N–H and O–H groups in total. The van der Waals surface area contributed by atoms with Crippen LogP contribution in [-0.2, 0) is 26.1 Å². The third kappa shape index (κ3) is 3.11. The van der Waals surface area contributed by atoms with E-state index in [9.17, 15) is 0 Å². The maximum atomic E-state index is 3.44. The van der Waals surface area contributed by atoms with E-state index >= 15 is 0 Å². The second-order valence-corrected chi connectivity index (χ2v) is 6.35. The topological polar surface area (TPSA) is 15.3 Å². The first-order valence-electron chi connectivity index (χ1n) is 7.42. The summed E-state index contributed by atoms with van der Waals surface area (Å²) in [6.45, 7) is 7.60. The van der Waals surface area contributed by atoms with E-state index in [-0.39, 0.29) is 0 Å². The van der Waals surface area contributed by atoms with Crippen molar-refractivity contribution >= 4 is 11.3 Å². The molecule has 2 heterocycles. The third-order valence-electron chi connectivity index (χ3n) is 3.93. The molecule has 3 heteroatoms. The molecule has 0 aliphatic carbocycles. The van der Waals surface area contributed by atoms with Crippen LogP contribution in [0.15, 0.2) is 35.7 Å². The van der Waals surface area contributed by atoms with Gasteiger partial charge in [0.25, 0.3) is 0 Å². The molecule has 0 unspecified atom stereocenters. The van der Waals surface area contributed by atoms with Gasteiger partial charge in [-0.3, -0.25) is 4.90 Å². The van der Waals surface area contributed by atoms with Crippen LogP contribution in [0.4, 0.5) is 0 Å². The Hall–Kier alpha value is -1.16. The van der Waals surface area contributed by atoms with E-state index in [1.807, 2.05) is 11.3 Å². The van der Waals surface area contributed by atoms with Crippen LogP contribution in [0.5, 0.6) is 0 Å². The highest BCUT2D eigenvalue weighted by molar-refractivity contribution is 7.10. The van der Waals surface area contributed by atoms with E-state index in [1.165, 1.54) is 24.1 Å². The zero-order valence-corrected chi connectivity index (χ0v) is 12.9. The average Bonchev–Trinajstić information content (AvgIpc) is 2.88. The lowest BCUT2D eigenvalue weighted by Gasteiger charge is -2.27. The van der Waals surface area contributed by atoms with Crippen molar-refractivity contribution in [2.45, 2.75) is 33.0 Å². The summed E-state index contributed by atoms with van der Waals surface area (Å²) in [5.41, 5.74) is 4.55. The molecule has 0 amide bonds. The van der Waals surface area contributed by atoms with E-state index in [1.54, 1.807) is 10.4 Å². The van der Waals surface area contributed by atoms with Crippen LogP contribution < -0.4 is 5.32 Å². The van der Waals surface area contributed by atoms with Gasteiger partial charge in [-0.25, -0.2) is 0 Å². The second kappa shape index (κ2) is 6.53. The summed E-state index contributed by atoms with van der Waals surface area (Å²) >= 11 is 1.94. The summed E-state index contributed by atoms with van der Waals surface area (Å²) in [4.78, 5) is 4.13. The SMILES string of the molecule is CCNCc1csc2c1CCN(Cc1ccccc1)C2. The summed E-state index contributed by atoms with van der Waals surface area (Å²) in [5.74, 6) is 0. The molecular formula is C17H22N2S. The lowest BCUT2D eigenvalue weighted by molar-refractivity contribution is 0.248. The summed E-state index contributed by atoms with van der Waals surface area (Å²) in [7, 11) is 0. The minimum atomic E-state index is 1.03. The Morgan fingerprint density at radius 3 is 2.90 bits per heavy atom. The molecule has 0 radical (unpaired) electrons. The van der Waals surface area contributed by atoms with E-state index in [0.29, 0.717) is 0 Å². The van der Waals surface area contributed by atoms with Crippen molar-refractivity contribution in [1.82, 2.24) is 10.2 Å². The van der Waals surface area contributed by atoms with Crippen molar-refractivity contribution in [3.8, 4) is 0 Å². The van der Waals surface area contributed by atoms with Crippen molar-refractivity contribution in [2.75, 3.05) is 13.1 Å². The van der Waals surface area contributed by atoms with Crippen LogP contribution >= 0.6 is 11.3 Å². The largest absolute Gasteiger partial charge is 0.313 e. The Labute approximate surface area is 125 Å². The fraction of sp³-hybridized carbons (Fsp3) is 0.412. The molecule has 0 saturated heterocycles. The third-order valence-corrected chi connectivity index (χ3v) is 4.99. The van der Waals surface area contributed by atoms with E-state index < -0.39 is 0 Å². The van der Waals surface area contributed by atoms with Crippen molar-refractivity contribution in [1.29, 1.82) is 0 Å². The maximum absolute atomic E-state index is 3.44. The zero-order valence-electron chi connectivity index (χ0n) is 12.1. The van der Waals surface area contributed by atoms with Gasteiger partial charge in [-0.1, -0.05) is 37.3 Å². The van der Waals surface area contributed by atoms with Crippen molar-refractivity contribution < 1.29 is 0 Å². The molecule has 1 aliphatic rings. The first-order valence-corrected chi connectivity index (χ1v) is 8.30. The van der Waals surface area contributed by atoms with Crippen LogP contribution in [0, 0.1) is 0 Å². The Morgan fingerprint density at radius 2 is 2.10 bits per heavy atom. The molecule has 20 heavy (non-hydrogen) atoms. The molecule has 0 bridgehead atoms. The fourth-order valence-electron chi connectivity index (χ4n) is 2.83. The van der Waals surface area contributed by atoms with Gasteiger partial charge >= 0.3 is 0 Å². The molecule has 0 fully saturated rings. The predicted octanol–water partition coefficient (Wildman–Crippen LogP) is 3.42. The van der Waals surface area contributed by atoms with E-state index in [2.05, 4.69) is 52.9 Å². The van der Waals surface area contributed by atoms with E-state index in [0.717, 1.165) is 26.2 Å². The van der Waals surface area contributed by atoms with Crippen LogP contribution in [-0.4, -0.2) is 18.0 Å².